The van der Waals surface area contributed by atoms with Gasteiger partial charge in [-0.2, -0.15) is 0 Å². The minimum absolute atomic E-state index is 0.129. The zero-order valence-corrected chi connectivity index (χ0v) is 16.0. The number of urea groups is 1. The first-order valence-corrected chi connectivity index (χ1v) is 9.75. The van der Waals surface area contributed by atoms with Crippen LogP contribution < -0.4 is 15.5 Å². The van der Waals surface area contributed by atoms with Crippen LogP contribution >= 0.6 is 0 Å². The maximum Gasteiger partial charge on any atom is 0.315 e. The largest absolute Gasteiger partial charge is 0.334 e. The Kier molecular flexibility index (Phi) is 5.56. The Morgan fingerprint density at radius 2 is 1.52 bits per heavy atom. The normalized spacial score (nSPS) is 13.4. The molecule has 0 bridgehead atoms. The molecule has 4 rings (SSSR count). The number of fused-ring (bicyclic) bond motifs is 1. The second-order valence-electron chi connectivity index (χ2n) is 7.02. The molecule has 5 nitrogen and oxygen atoms in total. The number of nitrogens with one attached hydrogen (secondary N) is 2. The second kappa shape index (κ2) is 8.61. The van der Waals surface area contributed by atoms with E-state index in [1.54, 1.807) is 4.90 Å². The van der Waals surface area contributed by atoms with Crippen LogP contribution in [-0.4, -0.2) is 18.5 Å². The Balaban J connectivity index is 1.51. The van der Waals surface area contributed by atoms with Crippen molar-refractivity contribution in [3.63, 3.8) is 0 Å². The highest BCUT2D eigenvalue weighted by atomic mass is 16.2. The molecule has 0 saturated carbocycles. The molecule has 0 fully saturated rings. The van der Waals surface area contributed by atoms with Gasteiger partial charge in [-0.1, -0.05) is 78.9 Å². The molecule has 0 aromatic heterocycles. The number of hydrogen-bond acceptors (Lipinski definition) is 2. The van der Waals surface area contributed by atoms with Crippen molar-refractivity contribution in [2.75, 3.05) is 11.4 Å². The van der Waals surface area contributed by atoms with Crippen LogP contribution in [0.2, 0.25) is 0 Å². The average Bonchev–Trinajstić information content (AvgIpc) is 3.21. The Morgan fingerprint density at radius 3 is 2.28 bits per heavy atom. The number of amides is 3. The van der Waals surface area contributed by atoms with Gasteiger partial charge in [0.1, 0.15) is 6.04 Å². The van der Waals surface area contributed by atoms with Crippen molar-refractivity contribution in [3.05, 3.63) is 102 Å². The molecule has 2 N–H and O–H groups in total. The molecule has 5 heteroatoms. The number of benzene rings is 3. The van der Waals surface area contributed by atoms with E-state index < -0.39 is 6.04 Å². The van der Waals surface area contributed by atoms with E-state index in [9.17, 15) is 9.59 Å². The van der Waals surface area contributed by atoms with Crippen LogP contribution in [0, 0.1) is 0 Å². The summed E-state index contributed by atoms with van der Waals surface area (Å²) in [6.07, 6.45) is 0.823. The van der Waals surface area contributed by atoms with Gasteiger partial charge in [-0.3, -0.25) is 4.79 Å². The first kappa shape index (κ1) is 18.7. The molecule has 0 spiro atoms. The van der Waals surface area contributed by atoms with E-state index in [1.165, 1.54) is 0 Å². The van der Waals surface area contributed by atoms with E-state index in [1.807, 2.05) is 84.9 Å². The SMILES string of the molecule is O=C(NCc1ccccc1)N[C@H](C(=O)N1CCc2ccccc21)c1ccccc1. The van der Waals surface area contributed by atoms with Gasteiger partial charge < -0.3 is 15.5 Å². The number of hydrogen-bond donors (Lipinski definition) is 2. The summed E-state index contributed by atoms with van der Waals surface area (Å²) in [4.78, 5) is 27.7. The third kappa shape index (κ3) is 4.29. The molecule has 1 atom stereocenters. The summed E-state index contributed by atoms with van der Waals surface area (Å²) in [6.45, 7) is 1.02. The first-order chi connectivity index (χ1) is 14.2. The van der Waals surface area contributed by atoms with E-state index in [2.05, 4.69) is 10.6 Å². The molecule has 3 amide bonds. The van der Waals surface area contributed by atoms with Crippen LogP contribution in [0.4, 0.5) is 10.5 Å². The van der Waals surface area contributed by atoms with Crippen molar-refractivity contribution >= 4 is 17.6 Å². The molecule has 1 aliphatic rings. The number of anilines is 1. The number of nitrogens with zero attached hydrogens (tertiary/aromatic N) is 1. The molecule has 0 saturated heterocycles. The average molecular weight is 385 g/mol. The summed E-state index contributed by atoms with van der Waals surface area (Å²) < 4.78 is 0. The fourth-order valence-electron chi connectivity index (χ4n) is 3.62. The fraction of sp³-hybridized carbons (Fsp3) is 0.167. The van der Waals surface area contributed by atoms with E-state index >= 15 is 0 Å². The van der Waals surface area contributed by atoms with Gasteiger partial charge >= 0.3 is 6.03 Å². The van der Waals surface area contributed by atoms with Crippen molar-refractivity contribution in [1.82, 2.24) is 10.6 Å². The smallest absolute Gasteiger partial charge is 0.315 e. The minimum atomic E-state index is -0.752. The zero-order valence-electron chi connectivity index (χ0n) is 16.0. The van der Waals surface area contributed by atoms with Gasteiger partial charge in [0, 0.05) is 18.8 Å². The Bertz CT molecular complexity index is 989. The molecule has 0 unspecified atom stereocenters. The lowest BCUT2D eigenvalue weighted by molar-refractivity contribution is -0.120. The summed E-state index contributed by atoms with van der Waals surface area (Å²) in [5.74, 6) is -0.129. The van der Waals surface area contributed by atoms with E-state index in [-0.39, 0.29) is 11.9 Å². The van der Waals surface area contributed by atoms with Gasteiger partial charge in [0.2, 0.25) is 0 Å². The topological polar surface area (TPSA) is 61.4 Å². The van der Waals surface area contributed by atoms with E-state index in [4.69, 9.17) is 0 Å². The highest BCUT2D eigenvalue weighted by Crippen LogP contribution is 2.30. The zero-order chi connectivity index (χ0) is 20.1. The summed E-state index contributed by atoms with van der Waals surface area (Å²) in [5, 5.41) is 5.71. The molecule has 0 radical (unpaired) electrons. The van der Waals surface area contributed by atoms with Gasteiger partial charge in [0.05, 0.1) is 0 Å². The fourth-order valence-corrected chi connectivity index (χ4v) is 3.62. The molecule has 29 heavy (non-hydrogen) atoms. The van der Waals surface area contributed by atoms with Crippen molar-refractivity contribution in [2.45, 2.75) is 19.0 Å². The second-order valence-corrected chi connectivity index (χ2v) is 7.02. The summed E-state index contributed by atoms with van der Waals surface area (Å²) >= 11 is 0. The van der Waals surface area contributed by atoms with Crippen LogP contribution in [0.5, 0.6) is 0 Å². The predicted octanol–water partition coefficient (Wildman–Crippen LogP) is 3.82. The summed E-state index contributed by atoms with van der Waals surface area (Å²) in [5.41, 5.74) is 3.83. The highest BCUT2D eigenvalue weighted by molar-refractivity contribution is 6.01. The Labute approximate surface area is 170 Å². The molecule has 0 aliphatic carbocycles. The van der Waals surface area contributed by atoms with Gasteiger partial charge in [-0.25, -0.2) is 4.79 Å². The maximum absolute atomic E-state index is 13.4. The Morgan fingerprint density at radius 1 is 0.862 bits per heavy atom. The number of carbonyl (C=O) groups excluding carboxylic acids is 2. The number of rotatable bonds is 5. The molecule has 3 aromatic carbocycles. The lowest BCUT2D eigenvalue weighted by Crippen LogP contribution is -2.45. The summed E-state index contributed by atoms with van der Waals surface area (Å²) in [7, 11) is 0. The van der Waals surface area contributed by atoms with Crippen LogP contribution in [0.15, 0.2) is 84.9 Å². The molecule has 146 valence electrons. The quantitative estimate of drug-likeness (QED) is 0.701. The minimum Gasteiger partial charge on any atom is -0.334 e. The molecular weight excluding hydrogens is 362 g/mol. The van der Waals surface area contributed by atoms with Gasteiger partial charge in [-0.05, 0) is 29.2 Å². The van der Waals surface area contributed by atoms with Crippen molar-refractivity contribution in [1.29, 1.82) is 0 Å². The van der Waals surface area contributed by atoms with E-state index in [0.717, 1.165) is 28.8 Å². The lowest BCUT2D eigenvalue weighted by atomic mass is 10.1. The number of para-hydroxylation sites is 1. The summed E-state index contributed by atoms with van der Waals surface area (Å²) in [6, 6.07) is 25.8. The van der Waals surface area contributed by atoms with Crippen molar-refractivity contribution in [3.8, 4) is 0 Å². The lowest BCUT2D eigenvalue weighted by Gasteiger charge is -2.25. The van der Waals surface area contributed by atoms with Crippen molar-refractivity contribution < 1.29 is 9.59 Å². The third-order valence-electron chi connectivity index (χ3n) is 5.10. The van der Waals surface area contributed by atoms with Crippen LogP contribution in [-0.2, 0) is 17.8 Å². The molecule has 1 heterocycles. The van der Waals surface area contributed by atoms with Gasteiger partial charge in [0.25, 0.3) is 5.91 Å². The maximum atomic E-state index is 13.4. The molecule has 3 aromatic rings. The monoisotopic (exact) mass is 385 g/mol. The third-order valence-corrected chi connectivity index (χ3v) is 5.10. The van der Waals surface area contributed by atoms with Gasteiger partial charge in [-0.15, -0.1) is 0 Å². The Hall–Kier alpha value is -3.60. The van der Waals surface area contributed by atoms with Crippen LogP contribution in [0.1, 0.15) is 22.7 Å². The van der Waals surface area contributed by atoms with Gasteiger partial charge in [0.15, 0.2) is 0 Å². The highest BCUT2D eigenvalue weighted by Gasteiger charge is 2.32. The van der Waals surface area contributed by atoms with Crippen LogP contribution in [0.25, 0.3) is 0 Å². The van der Waals surface area contributed by atoms with Crippen LogP contribution in [0.3, 0.4) is 0 Å². The van der Waals surface area contributed by atoms with E-state index in [0.29, 0.717) is 13.1 Å². The first-order valence-electron chi connectivity index (χ1n) is 9.75. The van der Waals surface area contributed by atoms with Crippen molar-refractivity contribution in [2.24, 2.45) is 0 Å². The standard InChI is InChI=1S/C24H23N3O2/c28-23(27-16-15-19-11-7-8-14-21(19)27)22(20-12-5-2-6-13-20)26-24(29)25-17-18-9-3-1-4-10-18/h1-14,22H,15-17H2,(H2,25,26,29)/t22-/m0/s1. The predicted molar refractivity (Wildman–Crippen MR) is 113 cm³/mol. The molecular formula is C24H23N3O2. The molecule has 1 aliphatic heterocycles. The number of carbonyl (C=O) groups is 2.